The molecule has 3 fully saturated rings. The predicted molar refractivity (Wildman–Crippen MR) is 129 cm³/mol. The molecule has 0 aromatic heterocycles. The van der Waals surface area contributed by atoms with E-state index in [-0.39, 0.29) is 17.8 Å². The summed E-state index contributed by atoms with van der Waals surface area (Å²) < 4.78 is 16.6. The average Bonchev–Trinajstić information content (AvgIpc) is 3.00. The number of carbonyl (C=O) groups is 1. The minimum absolute atomic E-state index is 0.0972. The molecule has 8 heteroatoms. The van der Waals surface area contributed by atoms with Gasteiger partial charge in [0, 0.05) is 36.3 Å². The molecule has 4 N–H and O–H groups in total. The lowest BCUT2D eigenvalue weighted by Crippen LogP contribution is -2.60. The van der Waals surface area contributed by atoms with E-state index in [1.165, 1.54) is 25.0 Å². The van der Waals surface area contributed by atoms with Crippen molar-refractivity contribution >= 4 is 24.0 Å². The maximum atomic E-state index is 14.5. The fourth-order valence-corrected chi connectivity index (χ4v) is 6.32. The van der Waals surface area contributed by atoms with E-state index in [9.17, 15) is 9.18 Å². The van der Waals surface area contributed by atoms with Crippen LogP contribution in [0.15, 0.2) is 24.4 Å². The molecule has 2 unspecified atom stereocenters. The second-order valence-corrected chi connectivity index (χ2v) is 10.6. The summed E-state index contributed by atoms with van der Waals surface area (Å²) in [5, 5.41) is 6.19. The van der Waals surface area contributed by atoms with E-state index in [0.29, 0.717) is 41.4 Å². The van der Waals surface area contributed by atoms with Crippen molar-refractivity contribution in [2.45, 2.75) is 51.1 Å². The van der Waals surface area contributed by atoms with E-state index in [2.05, 4.69) is 44.3 Å². The fraction of sp³-hybridized carbons (Fsp3) is 0.600. The van der Waals surface area contributed by atoms with Crippen LogP contribution in [0.2, 0.25) is 0 Å². The molecular weight excluding hydrogens is 419 g/mol. The molecule has 3 heterocycles. The van der Waals surface area contributed by atoms with E-state index in [1.54, 1.807) is 0 Å². The zero-order valence-electron chi connectivity index (χ0n) is 19.8. The Morgan fingerprint density at radius 2 is 2.12 bits per heavy atom. The number of hydrogen-bond acceptors (Lipinski definition) is 5. The molecule has 1 aliphatic carbocycles. The number of allylic oxidation sites excluding steroid dienone is 1. The first-order chi connectivity index (χ1) is 15.7. The Morgan fingerprint density at radius 1 is 1.36 bits per heavy atom. The van der Waals surface area contributed by atoms with Crippen LogP contribution in [-0.2, 0) is 10.3 Å². The van der Waals surface area contributed by atoms with Crippen molar-refractivity contribution in [1.82, 2.24) is 15.8 Å². The standard InChI is InChI=1S/C25H35FN6O/c1-5-27-21-10-18(26)9-20-22(21)28-23(33)24(20,3)32-8-6-7-19(13-32)30-29-16(2)17-11-25(12-17)14-31(4)15-25/h9-10,17,19,27,29-30H,2,4-8,11-15H2,1,3H3/p+1. The molecule has 1 aromatic carbocycles. The number of hydrogen-bond donors (Lipinski definition) is 4. The molecule has 3 aliphatic heterocycles. The molecule has 2 atom stereocenters. The Bertz CT molecular complexity index is 993. The lowest BCUT2D eigenvalue weighted by molar-refractivity contribution is -0.631. The third kappa shape index (κ3) is 3.73. The van der Waals surface area contributed by atoms with Crippen LogP contribution in [0.3, 0.4) is 0 Å². The molecule has 178 valence electrons. The number of benzene rings is 1. The Hall–Kier alpha value is -2.45. The monoisotopic (exact) mass is 455 g/mol. The molecule has 7 nitrogen and oxygen atoms in total. The number of fused-ring (bicyclic) bond motifs is 1. The first kappa shape index (κ1) is 22.3. The van der Waals surface area contributed by atoms with E-state index in [0.717, 1.165) is 38.2 Å². The van der Waals surface area contributed by atoms with Crippen LogP contribution in [0.4, 0.5) is 15.8 Å². The van der Waals surface area contributed by atoms with Crippen molar-refractivity contribution in [1.29, 1.82) is 0 Å². The molecule has 1 amide bonds. The van der Waals surface area contributed by atoms with E-state index in [4.69, 9.17) is 0 Å². The van der Waals surface area contributed by atoms with Crippen molar-refractivity contribution in [2.24, 2.45) is 11.3 Å². The molecule has 2 saturated heterocycles. The van der Waals surface area contributed by atoms with Crippen LogP contribution in [0.5, 0.6) is 0 Å². The third-order valence-corrected chi connectivity index (χ3v) is 8.14. The molecular formula is C25H36FN6O+. The topological polar surface area (TPSA) is 71.4 Å². The van der Waals surface area contributed by atoms with Crippen molar-refractivity contribution in [2.75, 3.05) is 43.4 Å². The van der Waals surface area contributed by atoms with Crippen LogP contribution in [0.1, 0.15) is 45.1 Å². The Kier molecular flexibility index (Phi) is 5.48. The molecule has 1 spiro atoms. The fourth-order valence-electron chi connectivity index (χ4n) is 6.32. The van der Waals surface area contributed by atoms with Gasteiger partial charge in [-0.2, -0.15) is 0 Å². The van der Waals surface area contributed by atoms with Crippen LogP contribution < -0.4 is 21.5 Å². The Balaban J connectivity index is 1.23. The lowest BCUT2D eigenvalue weighted by Gasteiger charge is -2.50. The summed E-state index contributed by atoms with van der Waals surface area (Å²) in [5.74, 6) is 0.0761. The van der Waals surface area contributed by atoms with Crippen molar-refractivity contribution in [3.8, 4) is 0 Å². The summed E-state index contributed by atoms with van der Waals surface area (Å²) in [5.41, 5.74) is 9.50. The highest BCUT2D eigenvalue weighted by molar-refractivity contribution is 6.08. The van der Waals surface area contributed by atoms with E-state index >= 15 is 0 Å². The van der Waals surface area contributed by atoms with Gasteiger partial charge in [0.2, 0.25) is 5.91 Å². The Labute approximate surface area is 195 Å². The summed E-state index contributed by atoms with van der Waals surface area (Å²) in [6.07, 6.45) is 4.33. The number of amides is 1. The summed E-state index contributed by atoms with van der Waals surface area (Å²) in [4.78, 5) is 15.4. The van der Waals surface area contributed by atoms with Gasteiger partial charge in [0.25, 0.3) is 0 Å². The number of likely N-dealkylation sites (tertiary alicyclic amines) is 1. The van der Waals surface area contributed by atoms with Crippen molar-refractivity contribution in [3.63, 3.8) is 0 Å². The van der Waals surface area contributed by atoms with Gasteiger partial charge in [-0.15, -0.1) is 0 Å². The van der Waals surface area contributed by atoms with Crippen molar-refractivity contribution in [3.05, 3.63) is 35.8 Å². The van der Waals surface area contributed by atoms with Crippen LogP contribution in [-0.4, -0.2) is 60.9 Å². The van der Waals surface area contributed by atoms with E-state index < -0.39 is 5.54 Å². The molecule has 0 radical (unpaired) electrons. The van der Waals surface area contributed by atoms with Crippen molar-refractivity contribution < 1.29 is 13.8 Å². The zero-order valence-corrected chi connectivity index (χ0v) is 19.8. The smallest absolute Gasteiger partial charge is 0.249 e. The van der Waals surface area contributed by atoms with Crippen LogP contribution >= 0.6 is 0 Å². The second-order valence-electron chi connectivity index (χ2n) is 10.6. The average molecular weight is 456 g/mol. The molecule has 0 bridgehead atoms. The highest BCUT2D eigenvalue weighted by Gasteiger charge is 2.57. The number of anilines is 2. The van der Waals surface area contributed by atoms with Crippen LogP contribution in [0.25, 0.3) is 0 Å². The minimum Gasteiger partial charge on any atom is -0.384 e. The number of halogens is 1. The Morgan fingerprint density at radius 3 is 2.82 bits per heavy atom. The van der Waals surface area contributed by atoms with Gasteiger partial charge in [0.1, 0.15) is 18.1 Å². The quantitative estimate of drug-likeness (QED) is 0.376. The molecule has 1 saturated carbocycles. The summed E-state index contributed by atoms with van der Waals surface area (Å²) in [6, 6.07) is 3.14. The lowest BCUT2D eigenvalue weighted by atomic mass is 9.57. The first-order valence-electron chi connectivity index (χ1n) is 12.1. The van der Waals surface area contributed by atoms with Gasteiger partial charge in [-0.05, 0) is 58.2 Å². The predicted octanol–water partition coefficient (Wildman–Crippen LogP) is 2.62. The number of piperidine rings is 1. The normalized spacial score (nSPS) is 28.6. The maximum Gasteiger partial charge on any atom is 0.249 e. The SMILES string of the molecule is C=C(NNC1CCCN(C2(C)C(=O)Nc3c(NCC)cc(F)cc32)C1)C1CC2(C1)C[N+](=C)C2. The largest absolute Gasteiger partial charge is 0.384 e. The summed E-state index contributed by atoms with van der Waals surface area (Å²) in [7, 11) is 0. The number of rotatable bonds is 7. The number of nitrogens with zero attached hydrogens (tertiary/aromatic N) is 2. The van der Waals surface area contributed by atoms with Gasteiger partial charge in [-0.3, -0.25) is 9.69 Å². The number of hydrazine groups is 1. The number of nitrogens with one attached hydrogen (secondary N) is 4. The molecule has 33 heavy (non-hydrogen) atoms. The minimum atomic E-state index is -0.899. The highest BCUT2D eigenvalue weighted by atomic mass is 19.1. The number of carbonyl (C=O) groups excluding carboxylic acids is 1. The van der Waals surface area contributed by atoms with Gasteiger partial charge in [0.15, 0.2) is 13.1 Å². The van der Waals surface area contributed by atoms with Gasteiger partial charge < -0.3 is 16.1 Å². The van der Waals surface area contributed by atoms with Crippen LogP contribution in [0, 0.1) is 17.2 Å². The molecule has 4 aliphatic rings. The zero-order chi connectivity index (χ0) is 23.4. The van der Waals surface area contributed by atoms with Gasteiger partial charge in [0.05, 0.1) is 16.8 Å². The van der Waals surface area contributed by atoms with Gasteiger partial charge in [-0.25, -0.2) is 14.4 Å². The van der Waals surface area contributed by atoms with E-state index in [1.807, 2.05) is 13.8 Å². The summed E-state index contributed by atoms with van der Waals surface area (Å²) in [6.45, 7) is 16.5. The molecule has 5 rings (SSSR count). The van der Waals surface area contributed by atoms with Gasteiger partial charge in [-0.1, -0.05) is 6.58 Å². The maximum absolute atomic E-state index is 14.5. The summed E-state index contributed by atoms with van der Waals surface area (Å²) >= 11 is 0. The highest BCUT2D eigenvalue weighted by Crippen LogP contribution is 2.52. The van der Waals surface area contributed by atoms with Gasteiger partial charge >= 0.3 is 0 Å². The first-order valence-corrected chi connectivity index (χ1v) is 12.1. The third-order valence-electron chi connectivity index (χ3n) is 8.14. The molecule has 1 aromatic rings. The second kappa shape index (κ2) is 8.09.